The molecule has 1 aromatic rings. The van der Waals surface area contributed by atoms with E-state index in [0.29, 0.717) is 5.92 Å². The van der Waals surface area contributed by atoms with Crippen LogP contribution in [0.3, 0.4) is 0 Å². The molecule has 0 saturated heterocycles. The highest BCUT2D eigenvalue weighted by atomic mass is 16.5. The first kappa shape index (κ1) is 14.8. The molecule has 0 radical (unpaired) electrons. The molecule has 0 amide bonds. The Bertz CT molecular complexity index is 399. The number of ether oxygens (including phenoxy) is 1. The molecule has 0 fully saturated rings. The quantitative estimate of drug-likeness (QED) is 0.873. The second-order valence-corrected chi connectivity index (χ2v) is 5.61. The minimum Gasteiger partial charge on any atom is -0.496 e. The maximum absolute atomic E-state index is 9.44. The molecule has 3 nitrogen and oxygen atoms in total. The normalized spacial score (nSPS) is 11.8. The van der Waals surface area contributed by atoms with Crippen LogP contribution in [0.15, 0.2) is 18.2 Å². The number of likely N-dealkylation sites (N-methyl/N-ethyl adjacent to an activating group) is 1. The van der Waals surface area contributed by atoms with Crippen molar-refractivity contribution in [1.29, 1.82) is 0 Å². The van der Waals surface area contributed by atoms with E-state index in [-0.39, 0.29) is 12.1 Å². The van der Waals surface area contributed by atoms with Gasteiger partial charge in [-0.15, -0.1) is 0 Å². The minimum absolute atomic E-state index is 0.118. The first-order chi connectivity index (χ1) is 8.33. The van der Waals surface area contributed by atoms with Gasteiger partial charge >= 0.3 is 0 Å². The molecule has 0 unspecified atom stereocenters. The highest BCUT2D eigenvalue weighted by molar-refractivity contribution is 5.55. The molecule has 0 aromatic heterocycles. The van der Waals surface area contributed by atoms with Gasteiger partial charge in [-0.3, -0.25) is 0 Å². The van der Waals surface area contributed by atoms with Crippen LogP contribution in [0.4, 0.5) is 5.69 Å². The zero-order valence-corrected chi connectivity index (χ0v) is 12.3. The van der Waals surface area contributed by atoms with Crippen LogP contribution < -0.4 is 9.64 Å². The molecule has 0 aliphatic rings. The van der Waals surface area contributed by atoms with Crippen LogP contribution in [-0.2, 0) is 0 Å². The van der Waals surface area contributed by atoms with E-state index in [1.165, 1.54) is 5.56 Å². The van der Waals surface area contributed by atoms with Crippen molar-refractivity contribution in [3.63, 3.8) is 0 Å². The molecule has 0 atom stereocenters. The monoisotopic (exact) mass is 251 g/mol. The van der Waals surface area contributed by atoms with Crippen LogP contribution in [0, 0.1) is 0 Å². The maximum atomic E-state index is 9.44. The lowest BCUT2D eigenvalue weighted by molar-refractivity contribution is 0.216. The van der Waals surface area contributed by atoms with Crippen molar-refractivity contribution in [2.45, 2.75) is 39.2 Å². The van der Waals surface area contributed by atoms with Crippen molar-refractivity contribution in [2.24, 2.45) is 0 Å². The minimum atomic E-state index is -0.275. The van der Waals surface area contributed by atoms with E-state index >= 15 is 0 Å². The number of benzene rings is 1. The molecule has 1 rings (SSSR count). The van der Waals surface area contributed by atoms with Crippen molar-refractivity contribution >= 4 is 5.69 Å². The first-order valence-electron chi connectivity index (χ1n) is 6.36. The van der Waals surface area contributed by atoms with Gasteiger partial charge < -0.3 is 14.7 Å². The molecule has 0 aliphatic carbocycles. The van der Waals surface area contributed by atoms with Crippen molar-refractivity contribution < 1.29 is 9.84 Å². The van der Waals surface area contributed by atoms with E-state index < -0.39 is 0 Å². The Morgan fingerprint density at radius 3 is 2.39 bits per heavy atom. The van der Waals surface area contributed by atoms with Crippen molar-refractivity contribution in [1.82, 2.24) is 0 Å². The molecule has 0 bridgehead atoms. The van der Waals surface area contributed by atoms with Crippen molar-refractivity contribution in [3.05, 3.63) is 23.8 Å². The largest absolute Gasteiger partial charge is 0.496 e. The summed E-state index contributed by atoms with van der Waals surface area (Å²) in [6.07, 6.45) is 0. The van der Waals surface area contributed by atoms with Crippen molar-refractivity contribution in [3.8, 4) is 5.75 Å². The van der Waals surface area contributed by atoms with Gasteiger partial charge in [-0.2, -0.15) is 0 Å². The number of methoxy groups -OCH3 is 1. The molecule has 0 heterocycles. The topological polar surface area (TPSA) is 32.7 Å². The Balaban J connectivity index is 3.16. The highest BCUT2D eigenvalue weighted by Crippen LogP contribution is 2.32. The fourth-order valence-electron chi connectivity index (χ4n) is 1.84. The first-order valence-corrected chi connectivity index (χ1v) is 6.36. The SMILES string of the molecule is COc1ccc(N(C)C(C)(C)CO)cc1C(C)C. The van der Waals surface area contributed by atoms with Crippen LogP contribution >= 0.6 is 0 Å². The Morgan fingerprint density at radius 2 is 1.94 bits per heavy atom. The fourth-order valence-corrected chi connectivity index (χ4v) is 1.84. The van der Waals surface area contributed by atoms with Gasteiger partial charge in [0.1, 0.15) is 5.75 Å². The lowest BCUT2D eigenvalue weighted by atomic mass is 9.99. The summed E-state index contributed by atoms with van der Waals surface area (Å²) in [5.41, 5.74) is 2.01. The van der Waals surface area contributed by atoms with Gasteiger partial charge in [0.2, 0.25) is 0 Å². The fraction of sp³-hybridized carbons (Fsp3) is 0.600. The molecular weight excluding hydrogens is 226 g/mol. The summed E-state index contributed by atoms with van der Waals surface area (Å²) in [7, 11) is 3.70. The van der Waals surface area contributed by atoms with E-state index in [2.05, 4.69) is 24.8 Å². The summed E-state index contributed by atoms with van der Waals surface area (Å²) < 4.78 is 5.39. The Labute approximate surface area is 110 Å². The average Bonchev–Trinajstić information content (AvgIpc) is 2.36. The smallest absolute Gasteiger partial charge is 0.122 e. The molecule has 1 aromatic carbocycles. The van der Waals surface area contributed by atoms with Crippen LogP contribution in [0.2, 0.25) is 0 Å². The van der Waals surface area contributed by atoms with Gasteiger partial charge in [0.15, 0.2) is 0 Å². The van der Waals surface area contributed by atoms with Crippen LogP contribution in [-0.4, -0.2) is 31.4 Å². The number of anilines is 1. The number of aliphatic hydroxyl groups is 1. The number of rotatable bonds is 5. The number of nitrogens with zero attached hydrogens (tertiary/aromatic N) is 1. The summed E-state index contributed by atoms with van der Waals surface area (Å²) in [6, 6.07) is 6.16. The molecule has 3 heteroatoms. The molecule has 18 heavy (non-hydrogen) atoms. The molecule has 0 aliphatic heterocycles. The summed E-state index contributed by atoms with van der Waals surface area (Å²) in [6.45, 7) is 8.46. The molecular formula is C15H25NO2. The molecule has 0 saturated carbocycles. The molecule has 0 spiro atoms. The van der Waals surface area contributed by atoms with E-state index in [9.17, 15) is 5.11 Å². The molecule has 102 valence electrons. The zero-order valence-electron chi connectivity index (χ0n) is 12.3. The highest BCUT2D eigenvalue weighted by Gasteiger charge is 2.23. The van der Waals surface area contributed by atoms with E-state index in [0.717, 1.165) is 11.4 Å². The van der Waals surface area contributed by atoms with Crippen molar-refractivity contribution in [2.75, 3.05) is 25.7 Å². The number of hydrogen-bond donors (Lipinski definition) is 1. The Kier molecular flexibility index (Phi) is 4.63. The summed E-state index contributed by atoms with van der Waals surface area (Å²) in [5, 5.41) is 9.44. The van der Waals surface area contributed by atoms with E-state index in [1.807, 2.05) is 33.0 Å². The van der Waals surface area contributed by atoms with Gasteiger partial charge in [-0.05, 0) is 43.5 Å². The standard InChI is InChI=1S/C15H25NO2/c1-11(2)13-9-12(7-8-14(13)18-6)16(5)15(3,4)10-17/h7-9,11,17H,10H2,1-6H3. The predicted molar refractivity (Wildman–Crippen MR) is 76.7 cm³/mol. The lowest BCUT2D eigenvalue weighted by Gasteiger charge is -2.36. The predicted octanol–water partition coefficient (Wildman–Crippen LogP) is 3.03. The second kappa shape index (κ2) is 5.61. The van der Waals surface area contributed by atoms with Crippen LogP contribution in [0.25, 0.3) is 0 Å². The third-order valence-corrected chi connectivity index (χ3v) is 3.52. The zero-order chi connectivity index (χ0) is 13.9. The van der Waals surface area contributed by atoms with Gasteiger partial charge in [-0.25, -0.2) is 0 Å². The van der Waals surface area contributed by atoms with Crippen LogP contribution in [0.5, 0.6) is 5.75 Å². The van der Waals surface area contributed by atoms with Gasteiger partial charge in [0, 0.05) is 12.7 Å². The van der Waals surface area contributed by atoms with E-state index in [1.54, 1.807) is 7.11 Å². The molecule has 1 N–H and O–H groups in total. The van der Waals surface area contributed by atoms with Gasteiger partial charge in [0.25, 0.3) is 0 Å². The Morgan fingerprint density at radius 1 is 1.33 bits per heavy atom. The Hall–Kier alpha value is -1.22. The third-order valence-electron chi connectivity index (χ3n) is 3.52. The summed E-state index contributed by atoms with van der Waals surface area (Å²) >= 11 is 0. The van der Waals surface area contributed by atoms with Gasteiger partial charge in [-0.1, -0.05) is 13.8 Å². The number of hydrogen-bond acceptors (Lipinski definition) is 3. The second-order valence-electron chi connectivity index (χ2n) is 5.61. The van der Waals surface area contributed by atoms with E-state index in [4.69, 9.17) is 4.74 Å². The number of aliphatic hydroxyl groups excluding tert-OH is 1. The third kappa shape index (κ3) is 2.96. The van der Waals surface area contributed by atoms with Gasteiger partial charge in [0.05, 0.1) is 19.3 Å². The average molecular weight is 251 g/mol. The summed E-state index contributed by atoms with van der Waals surface area (Å²) in [5.74, 6) is 1.33. The maximum Gasteiger partial charge on any atom is 0.122 e. The van der Waals surface area contributed by atoms with Crippen LogP contribution in [0.1, 0.15) is 39.2 Å². The lowest BCUT2D eigenvalue weighted by Crippen LogP contribution is -2.44. The summed E-state index contributed by atoms with van der Waals surface area (Å²) in [4.78, 5) is 2.10.